The Kier molecular flexibility index (Phi) is 10.3. The lowest BCUT2D eigenvalue weighted by Gasteiger charge is -2.13. The molecular formula is C34H34O9. The molecule has 0 spiro atoms. The number of methoxy groups -OCH3 is 1. The van der Waals surface area contributed by atoms with Crippen molar-refractivity contribution in [3.05, 3.63) is 89.5 Å². The standard InChI is InChI=1S/C34H34O9/c1-21-5-6-27-16-24(7-9-26(27)15-21)22(2)33(37)42-19-31(35)40-13-14-41-32(36)20-43-34(38)23(3)25-8-10-29-18-30(39-4)12-11-28(29)17-25/h5-12,15-18,22-23H,13-14,19-20H2,1-4H3/t22-,23-/m0/s1. The van der Waals surface area contributed by atoms with Gasteiger partial charge in [0.05, 0.1) is 18.9 Å². The van der Waals surface area contributed by atoms with Gasteiger partial charge in [-0.05, 0) is 65.6 Å². The van der Waals surface area contributed by atoms with Gasteiger partial charge in [-0.25, -0.2) is 9.59 Å². The molecule has 0 aliphatic carbocycles. The summed E-state index contributed by atoms with van der Waals surface area (Å²) in [4.78, 5) is 48.9. The summed E-state index contributed by atoms with van der Waals surface area (Å²) in [6.45, 7) is 3.78. The Bertz CT molecular complexity index is 1640. The van der Waals surface area contributed by atoms with Gasteiger partial charge in [-0.1, -0.05) is 66.2 Å². The molecule has 0 N–H and O–H groups in total. The first-order valence-corrected chi connectivity index (χ1v) is 13.9. The largest absolute Gasteiger partial charge is 0.497 e. The summed E-state index contributed by atoms with van der Waals surface area (Å²) in [5.74, 6) is -3.14. The van der Waals surface area contributed by atoms with Crippen LogP contribution >= 0.6 is 0 Å². The Morgan fingerprint density at radius 3 is 1.53 bits per heavy atom. The molecule has 0 aliphatic heterocycles. The van der Waals surface area contributed by atoms with E-state index in [-0.39, 0.29) is 13.2 Å². The third-order valence-corrected chi connectivity index (χ3v) is 7.07. The number of ether oxygens (including phenoxy) is 5. The van der Waals surface area contributed by atoms with Crippen LogP contribution in [0.25, 0.3) is 21.5 Å². The molecule has 0 amide bonds. The zero-order valence-electron chi connectivity index (χ0n) is 24.6. The van der Waals surface area contributed by atoms with Crippen molar-refractivity contribution < 1.29 is 42.9 Å². The minimum atomic E-state index is -0.784. The predicted molar refractivity (Wildman–Crippen MR) is 160 cm³/mol. The van der Waals surface area contributed by atoms with E-state index in [0.717, 1.165) is 44.0 Å². The summed E-state index contributed by atoms with van der Waals surface area (Å²) in [6, 6.07) is 23.0. The van der Waals surface area contributed by atoms with Crippen molar-refractivity contribution in [1.29, 1.82) is 0 Å². The molecule has 0 aromatic heterocycles. The zero-order valence-corrected chi connectivity index (χ0v) is 24.6. The fourth-order valence-electron chi connectivity index (χ4n) is 4.47. The number of benzene rings is 4. The van der Waals surface area contributed by atoms with Crippen molar-refractivity contribution in [2.24, 2.45) is 0 Å². The van der Waals surface area contributed by atoms with Crippen molar-refractivity contribution >= 4 is 45.4 Å². The molecule has 4 rings (SSSR count). The van der Waals surface area contributed by atoms with Crippen LogP contribution in [-0.4, -0.2) is 57.4 Å². The van der Waals surface area contributed by atoms with E-state index in [1.54, 1.807) is 21.0 Å². The quantitative estimate of drug-likeness (QED) is 0.122. The lowest BCUT2D eigenvalue weighted by molar-refractivity contribution is -0.164. The van der Waals surface area contributed by atoms with Crippen LogP contribution in [0.15, 0.2) is 72.8 Å². The number of esters is 4. The van der Waals surface area contributed by atoms with Crippen LogP contribution in [-0.2, 0) is 38.1 Å². The summed E-state index contributed by atoms with van der Waals surface area (Å²) in [7, 11) is 1.60. The number of carbonyl (C=O) groups excluding carboxylic acids is 4. The van der Waals surface area contributed by atoms with Crippen LogP contribution in [0.5, 0.6) is 5.75 Å². The van der Waals surface area contributed by atoms with Crippen molar-refractivity contribution in [2.45, 2.75) is 32.6 Å². The molecule has 0 radical (unpaired) electrons. The minimum absolute atomic E-state index is 0.242. The number of fused-ring (bicyclic) bond motifs is 2. The molecule has 0 unspecified atom stereocenters. The number of rotatable bonds is 12. The van der Waals surface area contributed by atoms with E-state index in [1.165, 1.54) is 0 Å². The topological polar surface area (TPSA) is 114 Å². The van der Waals surface area contributed by atoms with Crippen molar-refractivity contribution in [3.8, 4) is 5.75 Å². The Balaban J connectivity index is 1.12. The molecule has 4 aromatic rings. The lowest BCUT2D eigenvalue weighted by Crippen LogP contribution is -2.23. The molecule has 9 heteroatoms. The van der Waals surface area contributed by atoms with E-state index in [1.807, 2.05) is 73.7 Å². The molecular weight excluding hydrogens is 552 g/mol. The highest BCUT2D eigenvalue weighted by Crippen LogP contribution is 2.26. The van der Waals surface area contributed by atoms with Gasteiger partial charge in [0.15, 0.2) is 13.2 Å². The maximum Gasteiger partial charge on any atom is 0.344 e. The van der Waals surface area contributed by atoms with Crippen LogP contribution in [0.4, 0.5) is 0 Å². The average molecular weight is 587 g/mol. The van der Waals surface area contributed by atoms with Crippen molar-refractivity contribution in [1.82, 2.24) is 0 Å². The van der Waals surface area contributed by atoms with Gasteiger partial charge in [0.1, 0.15) is 19.0 Å². The Morgan fingerprint density at radius 2 is 1.02 bits per heavy atom. The van der Waals surface area contributed by atoms with Gasteiger partial charge in [0, 0.05) is 0 Å². The van der Waals surface area contributed by atoms with Crippen LogP contribution in [0.3, 0.4) is 0 Å². The van der Waals surface area contributed by atoms with E-state index in [4.69, 9.17) is 23.7 Å². The number of aryl methyl sites for hydroxylation is 1. The molecule has 9 nitrogen and oxygen atoms in total. The lowest BCUT2D eigenvalue weighted by atomic mass is 9.97. The summed E-state index contributed by atoms with van der Waals surface area (Å²) >= 11 is 0. The average Bonchev–Trinajstić information content (AvgIpc) is 3.02. The monoisotopic (exact) mass is 586 g/mol. The highest BCUT2D eigenvalue weighted by atomic mass is 16.6. The van der Waals surface area contributed by atoms with E-state index in [2.05, 4.69) is 6.07 Å². The second-order valence-corrected chi connectivity index (χ2v) is 10.2. The number of carbonyl (C=O) groups is 4. The third kappa shape index (κ3) is 8.31. The van der Waals surface area contributed by atoms with Gasteiger partial charge < -0.3 is 23.7 Å². The second-order valence-electron chi connectivity index (χ2n) is 10.2. The van der Waals surface area contributed by atoms with Gasteiger partial charge in [-0.2, -0.15) is 0 Å². The molecule has 0 aliphatic rings. The van der Waals surface area contributed by atoms with Crippen molar-refractivity contribution in [3.63, 3.8) is 0 Å². The molecule has 43 heavy (non-hydrogen) atoms. The highest BCUT2D eigenvalue weighted by molar-refractivity contribution is 5.88. The zero-order chi connectivity index (χ0) is 30.9. The molecule has 0 saturated carbocycles. The van der Waals surface area contributed by atoms with Crippen LogP contribution < -0.4 is 4.74 Å². The van der Waals surface area contributed by atoms with Crippen molar-refractivity contribution in [2.75, 3.05) is 33.5 Å². The van der Waals surface area contributed by atoms with E-state index in [9.17, 15) is 19.2 Å². The number of hydrogen-bond donors (Lipinski definition) is 0. The van der Waals surface area contributed by atoms with Crippen LogP contribution in [0, 0.1) is 6.92 Å². The molecule has 0 heterocycles. The fourth-order valence-corrected chi connectivity index (χ4v) is 4.47. The molecule has 4 aromatic carbocycles. The highest BCUT2D eigenvalue weighted by Gasteiger charge is 2.20. The Labute approximate surface area is 249 Å². The molecule has 0 saturated heterocycles. The SMILES string of the molecule is COc1ccc2cc([C@H](C)C(=O)OCC(=O)OCCOC(=O)COC(=O)[C@@H](C)c3ccc4cc(C)ccc4c3)ccc2c1. The third-order valence-electron chi connectivity index (χ3n) is 7.07. The smallest absolute Gasteiger partial charge is 0.344 e. The van der Waals surface area contributed by atoms with E-state index >= 15 is 0 Å². The van der Waals surface area contributed by atoms with Gasteiger partial charge in [-0.15, -0.1) is 0 Å². The number of hydrogen-bond acceptors (Lipinski definition) is 9. The Morgan fingerprint density at radius 1 is 0.581 bits per heavy atom. The van der Waals surface area contributed by atoms with Gasteiger partial charge in [0.2, 0.25) is 0 Å². The summed E-state index contributed by atoms with van der Waals surface area (Å²) in [6.07, 6.45) is 0. The minimum Gasteiger partial charge on any atom is -0.497 e. The van der Waals surface area contributed by atoms with Gasteiger partial charge in [-0.3, -0.25) is 9.59 Å². The predicted octanol–water partition coefficient (Wildman–Crippen LogP) is 5.39. The first kappa shape index (κ1) is 31.0. The maximum absolute atomic E-state index is 12.5. The van der Waals surface area contributed by atoms with E-state index < -0.39 is 48.9 Å². The summed E-state index contributed by atoms with van der Waals surface area (Å²) < 4.78 is 25.4. The van der Waals surface area contributed by atoms with Crippen LogP contribution in [0.2, 0.25) is 0 Å². The van der Waals surface area contributed by atoms with Gasteiger partial charge >= 0.3 is 23.9 Å². The summed E-state index contributed by atoms with van der Waals surface area (Å²) in [5.41, 5.74) is 2.66. The van der Waals surface area contributed by atoms with Gasteiger partial charge in [0.25, 0.3) is 0 Å². The second kappa shape index (κ2) is 14.3. The fraction of sp³-hybridized carbons (Fsp3) is 0.294. The molecule has 0 bridgehead atoms. The Hall–Kier alpha value is -4.92. The normalized spacial score (nSPS) is 12.3. The first-order valence-electron chi connectivity index (χ1n) is 13.9. The maximum atomic E-state index is 12.5. The van der Waals surface area contributed by atoms with Crippen LogP contribution in [0.1, 0.15) is 42.4 Å². The summed E-state index contributed by atoms with van der Waals surface area (Å²) in [5, 5.41) is 3.99. The molecule has 2 atom stereocenters. The molecule has 0 fully saturated rings. The molecule has 224 valence electrons. The first-order chi connectivity index (χ1) is 20.6. The van der Waals surface area contributed by atoms with E-state index in [0.29, 0.717) is 0 Å².